The summed E-state index contributed by atoms with van der Waals surface area (Å²) in [6, 6.07) is 2.01. The van der Waals surface area contributed by atoms with Gasteiger partial charge < -0.3 is 5.11 Å². The summed E-state index contributed by atoms with van der Waals surface area (Å²) in [6.07, 6.45) is 2.44. The predicted octanol–water partition coefficient (Wildman–Crippen LogP) is 0.0858. The normalized spacial score (nSPS) is 34.4. The summed E-state index contributed by atoms with van der Waals surface area (Å²) in [6.45, 7) is -0.241. The number of hydrogen-bond acceptors (Lipinski definition) is 4. The van der Waals surface area contributed by atoms with E-state index in [0.29, 0.717) is 12.8 Å². The molecule has 13 heavy (non-hydrogen) atoms. The van der Waals surface area contributed by atoms with Crippen molar-refractivity contribution in [3.63, 3.8) is 0 Å². The van der Waals surface area contributed by atoms with Gasteiger partial charge in [-0.05, 0) is 19.3 Å². The smallest absolute Gasteiger partial charge is 0.150 e. The van der Waals surface area contributed by atoms with Gasteiger partial charge in [-0.3, -0.25) is 0 Å². The van der Waals surface area contributed by atoms with Crippen molar-refractivity contribution in [2.24, 2.45) is 5.41 Å². The first-order valence-electron chi connectivity index (χ1n) is 4.14. The Balaban J connectivity index is 2.81. The van der Waals surface area contributed by atoms with E-state index in [9.17, 15) is 8.42 Å². The summed E-state index contributed by atoms with van der Waals surface area (Å²) < 4.78 is 22.3. The van der Waals surface area contributed by atoms with Crippen molar-refractivity contribution in [3.8, 4) is 6.07 Å². The fraction of sp³-hybridized carbons (Fsp3) is 0.875. The lowest BCUT2D eigenvalue weighted by Gasteiger charge is -2.16. The molecule has 0 unspecified atom stereocenters. The lowest BCUT2D eigenvalue weighted by molar-refractivity contribution is 0.180. The maximum absolute atomic E-state index is 11.2. The predicted molar refractivity (Wildman–Crippen MR) is 47.6 cm³/mol. The summed E-state index contributed by atoms with van der Waals surface area (Å²) in [5.74, 6) is 0. The molecule has 74 valence electrons. The summed E-state index contributed by atoms with van der Waals surface area (Å²) in [4.78, 5) is 0. The molecule has 0 bridgehead atoms. The molecule has 2 atom stereocenters. The number of aliphatic hydroxyl groups excluding tert-OH is 1. The molecule has 0 aromatic rings. The molecule has 0 aromatic heterocycles. The van der Waals surface area contributed by atoms with E-state index < -0.39 is 20.5 Å². The van der Waals surface area contributed by atoms with Crippen molar-refractivity contribution >= 4 is 9.84 Å². The molecule has 0 aromatic carbocycles. The Bertz CT molecular complexity index is 330. The van der Waals surface area contributed by atoms with E-state index in [2.05, 4.69) is 0 Å². The molecule has 1 rings (SSSR count). The van der Waals surface area contributed by atoms with Crippen LogP contribution in [-0.4, -0.2) is 31.6 Å². The number of sulfone groups is 1. The highest BCUT2D eigenvalue weighted by Crippen LogP contribution is 2.39. The highest BCUT2D eigenvalue weighted by atomic mass is 32.2. The van der Waals surface area contributed by atoms with Crippen LogP contribution in [0.25, 0.3) is 0 Å². The van der Waals surface area contributed by atoms with Gasteiger partial charge in [0.05, 0.1) is 23.3 Å². The van der Waals surface area contributed by atoms with E-state index in [-0.39, 0.29) is 13.0 Å². The largest absolute Gasteiger partial charge is 0.395 e. The minimum atomic E-state index is -3.06. The molecule has 0 amide bonds. The van der Waals surface area contributed by atoms with Crippen molar-refractivity contribution in [2.75, 3.05) is 12.9 Å². The molecule has 5 heteroatoms. The molecule has 0 heterocycles. The third-order valence-corrected chi connectivity index (χ3v) is 4.32. The SMILES string of the molecule is CS(=O)(=O)[C@H]1CC[C@](C#N)(CO)C1. The molecule has 0 radical (unpaired) electrons. The maximum atomic E-state index is 11.2. The average molecular weight is 203 g/mol. The van der Waals surface area contributed by atoms with Crippen LogP contribution in [0.5, 0.6) is 0 Å². The van der Waals surface area contributed by atoms with Crippen molar-refractivity contribution < 1.29 is 13.5 Å². The fourth-order valence-corrected chi connectivity index (χ4v) is 2.89. The molecule has 1 fully saturated rings. The number of aliphatic hydroxyl groups is 1. The van der Waals surface area contributed by atoms with Crippen LogP contribution >= 0.6 is 0 Å². The zero-order valence-electron chi connectivity index (χ0n) is 7.52. The fourth-order valence-electron chi connectivity index (χ4n) is 1.72. The first kappa shape index (κ1) is 10.5. The molecular weight excluding hydrogens is 190 g/mol. The average Bonchev–Trinajstić information content (AvgIpc) is 2.48. The van der Waals surface area contributed by atoms with Crippen LogP contribution in [0.15, 0.2) is 0 Å². The van der Waals surface area contributed by atoms with Crippen LogP contribution in [-0.2, 0) is 9.84 Å². The minimum Gasteiger partial charge on any atom is -0.395 e. The van der Waals surface area contributed by atoms with Crippen LogP contribution in [0, 0.1) is 16.7 Å². The van der Waals surface area contributed by atoms with E-state index >= 15 is 0 Å². The van der Waals surface area contributed by atoms with Gasteiger partial charge in [-0.2, -0.15) is 5.26 Å². The van der Waals surface area contributed by atoms with Gasteiger partial charge in [0.15, 0.2) is 0 Å². The second-order valence-corrected chi connectivity index (χ2v) is 6.07. The van der Waals surface area contributed by atoms with Gasteiger partial charge in [-0.15, -0.1) is 0 Å². The molecule has 1 N–H and O–H groups in total. The zero-order valence-corrected chi connectivity index (χ0v) is 8.34. The van der Waals surface area contributed by atoms with Gasteiger partial charge in [0.25, 0.3) is 0 Å². The molecule has 4 nitrogen and oxygen atoms in total. The highest BCUT2D eigenvalue weighted by molar-refractivity contribution is 7.91. The van der Waals surface area contributed by atoms with E-state index in [0.717, 1.165) is 0 Å². The van der Waals surface area contributed by atoms with E-state index in [1.807, 2.05) is 6.07 Å². The molecular formula is C8H13NO3S. The van der Waals surface area contributed by atoms with Gasteiger partial charge in [0.1, 0.15) is 9.84 Å². The highest BCUT2D eigenvalue weighted by Gasteiger charge is 2.42. The quantitative estimate of drug-likeness (QED) is 0.689. The van der Waals surface area contributed by atoms with Gasteiger partial charge >= 0.3 is 0 Å². The van der Waals surface area contributed by atoms with Gasteiger partial charge in [-0.1, -0.05) is 0 Å². The summed E-state index contributed by atoms with van der Waals surface area (Å²) in [7, 11) is -3.06. The maximum Gasteiger partial charge on any atom is 0.150 e. The Morgan fingerprint density at radius 2 is 2.31 bits per heavy atom. The molecule has 0 aliphatic heterocycles. The Hall–Kier alpha value is -0.600. The van der Waals surface area contributed by atoms with Crippen LogP contribution in [0.4, 0.5) is 0 Å². The third-order valence-electron chi connectivity index (χ3n) is 2.71. The number of hydrogen-bond donors (Lipinski definition) is 1. The minimum absolute atomic E-state index is 0.241. The number of rotatable bonds is 2. The Labute approximate surface area is 78.1 Å². The number of nitriles is 1. The summed E-state index contributed by atoms with van der Waals surface area (Å²) >= 11 is 0. The lowest BCUT2D eigenvalue weighted by Crippen LogP contribution is -2.23. The molecule has 0 saturated heterocycles. The first-order chi connectivity index (χ1) is 5.93. The van der Waals surface area contributed by atoms with Crippen molar-refractivity contribution in [3.05, 3.63) is 0 Å². The molecule has 1 aliphatic carbocycles. The van der Waals surface area contributed by atoms with Crippen molar-refractivity contribution in [1.29, 1.82) is 5.26 Å². The second kappa shape index (κ2) is 3.28. The van der Waals surface area contributed by atoms with Gasteiger partial charge in [0, 0.05) is 6.26 Å². The Morgan fingerprint density at radius 1 is 1.69 bits per heavy atom. The van der Waals surface area contributed by atoms with Crippen LogP contribution in [0.3, 0.4) is 0 Å². The summed E-state index contributed by atoms with van der Waals surface area (Å²) in [5, 5.41) is 17.3. The Morgan fingerprint density at radius 3 is 2.54 bits per heavy atom. The van der Waals surface area contributed by atoms with E-state index in [4.69, 9.17) is 10.4 Å². The van der Waals surface area contributed by atoms with E-state index in [1.165, 1.54) is 6.26 Å². The van der Waals surface area contributed by atoms with Crippen LogP contribution in [0.1, 0.15) is 19.3 Å². The van der Waals surface area contributed by atoms with E-state index in [1.54, 1.807) is 0 Å². The zero-order chi connectivity index (χ0) is 10.1. The van der Waals surface area contributed by atoms with Crippen LogP contribution < -0.4 is 0 Å². The monoisotopic (exact) mass is 203 g/mol. The molecule has 1 saturated carbocycles. The second-order valence-electron chi connectivity index (χ2n) is 3.74. The molecule has 0 spiro atoms. The summed E-state index contributed by atoms with van der Waals surface area (Å²) in [5.41, 5.74) is -0.812. The lowest BCUT2D eigenvalue weighted by atomic mass is 9.89. The van der Waals surface area contributed by atoms with Crippen LogP contribution in [0.2, 0.25) is 0 Å². The number of nitrogens with zero attached hydrogens (tertiary/aromatic N) is 1. The van der Waals surface area contributed by atoms with Gasteiger partial charge in [0.2, 0.25) is 0 Å². The third kappa shape index (κ3) is 2.01. The van der Waals surface area contributed by atoms with Crippen molar-refractivity contribution in [1.82, 2.24) is 0 Å². The Kier molecular flexibility index (Phi) is 2.64. The topological polar surface area (TPSA) is 78.2 Å². The van der Waals surface area contributed by atoms with Gasteiger partial charge in [-0.25, -0.2) is 8.42 Å². The van der Waals surface area contributed by atoms with Crippen molar-refractivity contribution in [2.45, 2.75) is 24.5 Å². The standard InChI is InChI=1S/C8H13NO3S/c1-13(11,12)7-2-3-8(4-7,5-9)6-10/h7,10H,2-4,6H2,1H3/t7-,8-/m0/s1. The first-order valence-corrected chi connectivity index (χ1v) is 6.10. The molecule has 1 aliphatic rings.